The smallest absolute Gasteiger partial charge is 0.137 e. The summed E-state index contributed by atoms with van der Waals surface area (Å²) in [5.74, 6) is 0.674. The summed E-state index contributed by atoms with van der Waals surface area (Å²) in [6.45, 7) is 4.90. The minimum absolute atomic E-state index is 0.598. The molecule has 0 saturated carbocycles. The van der Waals surface area contributed by atoms with E-state index in [1.807, 2.05) is 18.2 Å². The highest BCUT2D eigenvalue weighted by atomic mass is 16.5. The van der Waals surface area contributed by atoms with Gasteiger partial charge in [-0.25, -0.2) is 0 Å². The van der Waals surface area contributed by atoms with Crippen molar-refractivity contribution in [2.45, 2.75) is 39.5 Å². The molecule has 2 heteroatoms. The number of nitrogens with zero attached hydrogens (tertiary/aromatic N) is 1. The average molecular weight is 293 g/mol. The van der Waals surface area contributed by atoms with Gasteiger partial charge in [0.15, 0.2) is 0 Å². The van der Waals surface area contributed by atoms with Gasteiger partial charge in [0.1, 0.15) is 11.8 Å². The maximum absolute atomic E-state index is 9.30. The Hall–Kier alpha value is -2.27. The maximum Gasteiger partial charge on any atom is 0.137 e. The van der Waals surface area contributed by atoms with E-state index < -0.39 is 0 Å². The standard InChI is InChI=1S/C20H23NO/c1-3-5-6-16-7-9-17(10-8-16)18-11-12-20(22-13-4-2)19(14-18)15-21/h7-12,14H,3-6,13H2,1-2H3. The van der Waals surface area contributed by atoms with Crippen LogP contribution >= 0.6 is 0 Å². The molecule has 0 bridgehead atoms. The summed E-state index contributed by atoms with van der Waals surface area (Å²) in [5.41, 5.74) is 4.16. The summed E-state index contributed by atoms with van der Waals surface area (Å²) in [6, 6.07) is 16.7. The van der Waals surface area contributed by atoms with Crippen molar-refractivity contribution in [3.8, 4) is 22.9 Å². The molecule has 2 aromatic rings. The topological polar surface area (TPSA) is 33.0 Å². The zero-order chi connectivity index (χ0) is 15.8. The number of aryl methyl sites for hydroxylation is 1. The van der Waals surface area contributed by atoms with Crippen molar-refractivity contribution in [1.82, 2.24) is 0 Å². The number of unbranched alkanes of at least 4 members (excludes halogenated alkanes) is 1. The summed E-state index contributed by atoms with van der Waals surface area (Å²) in [4.78, 5) is 0. The van der Waals surface area contributed by atoms with Crippen molar-refractivity contribution in [1.29, 1.82) is 5.26 Å². The third-order valence-corrected chi connectivity index (χ3v) is 3.67. The second kappa shape index (κ2) is 8.24. The monoisotopic (exact) mass is 293 g/mol. The van der Waals surface area contributed by atoms with E-state index in [9.17, 15) is 5.26 Å². The predicted molar refractivity (Wildman–Crippen MR) is 91.0 cm³/mol. The van der Waals surface area contributed by atoms with E-state index in [0.717, 1.165) is 24.0 Å². The Balaban J connectivity index is 2.20. The summed E-state index contributed by atoms with van der Waals surface area (Å²) in [7, 11) is 0. The third-order valence-electron chi connectivity index (χ3n) is 3.67. The fourth-order valence-electron chi connectivity index (χ4n) is 2.38. The minimum Gasteiger partial charge on any atom is -0.492 e. The van der Waals surface area contributed by atoms with E-state index in [0.29, 0.717) is 17.9 Å². The lowest BCUT2D eigenvalue weighted by atomic mass is 10.00. The Morgan fingerprint density at radius 3 is 2.32 bits per heavy atom. The van der Waals surface area contributed by atoms with Crippen molar-refractivity contribution in [3.05, 3.63) is 53.6 Å². The molecule has 0 amide bonds. The van der Waals surface area contributed by atoms with E-state index in [-0.39, 0.29) is 0 Å². The molecule has 0 heterocycles. The van der Waals surface area contributed by atoms with Crippen molar-refractivity contribution >= 4 is 0 Å². The van der Waals surface area contributed by atoms with Gasteiger partial charge in [0.2, 0.25) is 0 Å². The van der Waals surface area contributed by atoms with Gasteiger partial charge < -0.3 is 4.74 Å². The first-order chi connectivity index (χ1) is 10.8. The summed E-state index contributed by atoms with van der Waals surface area (Å²) >= 11 is 0. The van der Waals surface area contributed by atoms with Crippen LogP contribution < -0.4 is 4.74 Å². The molecule has 0 fully saturated rings. The highest BCUT2D eigenvalue weighted by Crippen LogP contribution is 2.27. The quantitative estimate of drug-likeness (QED) is 0.688. The first-order valence-corrected chi connectivity index (χ1v) is 8.04. The Morgan fingerprint density at radius 1 is 0.955 bits per heavy atom. The molecule has 0 spiro atoms. The van der Waals surface area contributed by atoms with E-state index in [4.69, 9.17) is 4.74 Å². The number of hydrogen-bond acceptors (Lipinski definition) is 2. The first-order valence-electron chi connectivity index (χ1n) is 8.04. The van der Waals surface area contributed by atoms with Crippen LogP contribution in [0.25, 0.3) is 11.1 Å². The zero-order valence-corrected chi connectivity index (χ0v) is 13.4. The number of hydrogen-bond donors (Lipinski definition) is 0. The molecule has 0 atom stereocenters. The van der Waals surface area contributed by atoms with Crippen molar-refractivity contribution in [2.75, 3.05) is 6.61 Å². The Kier molecular flexibility index (Phi) is 6.03. The largest absolute Gasteiger partial charge is 0.492 e. The minimum atomic E-state index is 0.598. The first kappa shape index (κ1) is 16.1. The molecule has 0 unspecified atom stereocenters. The van der Waals surface area contributed by atoms with Crippen LogP contribution in [0.4, 0.5) is 0 Å². The summed E-state index contributed by atoms with van der Waals surface area (Å²) < 4.78 is 5.61. The normalized spacial score (nSPS) is 10.2. The van der Waals surface area contributed by atoms with E-state index in [2.05, 4.69) is 44.2 Å². The number of rotatable bonds is 7. The molecule has 0 aromatic heterocycles. The second-order valence-corrected chi connectivity index (χ2v) is 5.47. The van der Waals surface area contributed by atoms with Gasteiger partial charge in [-0.2, -0.15) is 5.26 Å². The molecule has 2 rings (SSSR count). The van der Waals surface area contributed by atoms with Crippen LogP contribution in [0, 0.1) is 11.3 Å². The Morgan fingerprint density at radius 2 is 1.68 bits per heavy atom. The van der Waals surface area contributed by atoms with Crippen LogP contribution in [-0.4, -0.2) is 6.61 Å². The molecule has 0 aliphatic carbocycles. The van der Waals surface area contributed by atoms with Gasteiger partial charge in [-0.1, -0.05) is 50.6 Å². The van der Waals surface area contributed by atoms with Crippen LogP contribution in [0.15, 0.2) is 42.5 Å². The predicted octanol–water partition coefficient (Wildman–Crippen LogP) is 5.36. The van der Waals surface area contributed by atoms with Gasteiger partial charge in [0, 0.05) is 0 Å². The zero-order valence-electron chi connectivity index (χ0n) is 13.4. The van der Waals surface area contributed by atoms with Crippen LogP contribution in [0.5, 0.6) is 5.75 Å². The van der Waals surface area contributed by atoms with Gasteiger partial charge in [0.05, 0.1) is 12.2 Å². The lowest BCUT2D eigenvalue weighted by molar-refractivity contribution is 0.316. The Labute approximate surface area is 133 Å². The van der Waals surface area contributed by atoms with Gasteiger partial charge in [-0.3, -0.25) is 0 Å². The van der Waals surface area contributed by atoms with Crippen LogP contribution in [0.2, 0.25) is 0 Å². The molecule has 114 valence electrons. The van der Waals surface area contributed by atoms with E-state index in [1.54, 1.807) is 0 Å². The Bertz CT molecular complexity index is 638. The van der Waals surface area contributed by atoms with Gasteiger partial charge in [-0.15, -0.1) is 0 Å². The van der Waals surface area contributed by atoms with Crippen molar-refractivity contribution in [3.63, 3.8) is 0 Å². The van der Waals surface area contributed by atoms with E-state index >= 15 is 0 Å². The van der Waals surface area contributed by atoms with Crippen molar-refractivity contribution in [2.24, 2.45) is 0 Å². The lowest BCUT2D eigenvalue weighted by Crippen LogP contribution is -1.97. The van der Waals surface area contributed by atoms with E-state index in [1.165, 1.54) is 18.4 Å². The van der Waals surface area contributed by atoms with Crippen LogP contribution in [0.3, 0.4) is 0 Å². The molecule has 0 aliphatic heterocycles. The van der Waals surface area contributed by atoms with Gasteiger partial charge in [0.25, 0.3) is 0 Å². The van der Waals surface area contributed by atoms with Crippen LogP contribution in [0.1, 0.15) is 44.2 Å². The molecule has 0 N–H and O–H groups in total. The molecule has 0 aliphatic rings. The molecule has 22 heavy (non-hydrogen) atoms. The second-order valence-electron chi connectivity index (χ2n) is 5.47. The molecule has 0 radical (unpaired) electrons. The average Bonchev–Trinajstić information content (AvgIpc) is 2.58. The molecule has 0 saturated heterocycles. The number of benzene rings is 2. The van der Waals surface area contributed by atoms with Crippen molar-refractivity contribution < 1.29 is 4.74 Å². The molecule has 2 nitrogen and oxygen atoms in total. The van der Waals surface area contributed by atoms with Crippen LogP contribution in [-0.2, 0) is 6.42 Å². The lowest BCUT2D eigenvalue weighted by Gasteiger charge is -2.09. The van der Waals surface area contributed by atoms with Gasteiger partial charge in [-0.05, 0) is 48.1 Å². The molecule has 2 aromatic carbocycles. The fraction of sp³-hybridized carbons (Fsp3) is 0.350. The van der Waals surface area contributed by atoms with Gasteiger partial charge >= 0.3 is 0 Å². The third kappa shape index (κ3) is 4.11. The maximum atomic E-state index is 9.30. The SMILES string of the molecule is CCCCc1ccc(-c2ccc(OCCC)c(C#N)c2)cc1. The summed E-state index contributed by atoms with van der Waals surface area (Å²) in [5, 5.41) is 9.30. The number of nitriles is 1. The summed E-state index contributed by atoms with van der Waals surface area (Å²) in [6.07, 6.45) is 4.50. The molecular formula is C20H23NO. The number of ether oxygens (including phenoxy) is 1. The fourth-order valence-corrected chi connectivity index (χ4v) is 2.38. The highest BCUT2D eigenvalue weighted by molar-refractivity contribution is 5.67. The highest BCUT2D eigenvalue weighted by Gasteiger charge is 2.06. The molecular weight excluding hydrogens is 270 g/mol.